The van der Waals surface area contributed by atoms with Gasteiger partial charge in [0.15, 0.2) is 23.1 Å². The van der Waals surface area contributed by atoms with Crippen molar-refractivity contribution in [2.24, 2.45) is 5.73 Å². The van der Waals surface area contributed by atoms with Crippen molar-refractivity contribution in [2.45, 2.75) is 18.6 Å². The number of benzene rings is 1. The molecule has 2 amide bonds. The Morgan fingerprint density at radius 2 is 2.00 bits per heavy atom. The third kappa shape index (κ3) is 2.11. The Balaban J connectivity index is 2.44. The molecule has 1 aliphatic heterocycles. The molecule has 0 radical (unpaired) electrons. The van der Waals surface area contributed by atoms with Gasteiger partial charge < -0.3 is 25.3 Å². The van der Waals surface area contributed by atoms with Crippen LogP contribution in [0, 0.1) is 0 Å². The largest absolute Gasteiger partial charge is 0.493 e. The molecule has 0 aliphatic carbocycles. The molecular formula is C13H16N2O5. The van der Waals surface area contributed by atoms with E-state index in [1.54, 1.807) is 18.2 Å². The van der Waals surface area contributed by atoms with E-state index >= 15 is 0 Å². The maximum atomic E-state index is 11.6. The molecule has 0 spiro atoms. The van der Waals surface area contributed by atoms with Gasteiger partial charge in [-0.15, -0.1) is 0 Å². The first kappa shape index (κ1) is 14.0. The minimum Gasteiger partial charge on any atom is -0.493 e. The molecular weight excluding hydrogens is 264 g/mol. The van der Waals surface area contributed by atoms with Crippen molar-refractivity contribution in [3.8, 4) is 11.5 Å². The van der Waals surface area contributed by atoms with Crippen molar-refractivity contribution in [3.05, 3.63) is 23.8 Å². The van der Waals surface area contributed by atoms with E-state index in [1.165, 1.54) is 21.1 Å². The fraction of sp³-hybridized carbons (Fsp3) is 0.385. The first-order valence-electron chi connectivity index (χ1n) is 5.93. The number of methoxy groups -OCH3 is 2. The van der Waals surface area contributed by atoms with Crippen LogP contribution in [0.15, 0.2) is 18.2 Å². The molecule has 1 fully saturated rings. The third-order valence-electron chi connectivity index (χ3n) is 3.33. The van der Waals surface area contributed by atoms with Crippen LogP contribution in [0.2, 0.25) is 0 Å². The Kier molecular flexibility index (Phi) is 3.44. The molecule has 7 nitrogen and oxygen atoms in total. The topological polar surface area (TPSA) is 99.9 Å². The standard InChI is InChI=1S/C13H16N2O5/c1-13(11(14)16)10(20-12(17)15-13)7-4-5-8(18-2)9(6-7)19-3/h4-6,10H,1-3H3,(H2,14,16)(H,15,17). The summed E-state index contributed by atoms with van der Waals surface area (Å²) in [6.45, 7) is 1.52. The Bertz CT molecular complexity index is 560. The van der Waals surface area contributed by atoms with Gasteiger partial charge in [-0.1, -0.05) is 6.07 Å². The Labute approximate surface area is 116 Å². The van der Waals surface area contributed by atoms with Crippen LogP contribution in [-0.2, 0) is 9.53 Å². The maximum Gasteiger partial charge on any atom is 0.408 e. The summed E-state index contributed by atoms with van der Waals surface area (Å²) in [4.78, 5) is 23.0. The lowest BCUT2D eigenvalue weighted by Gasteiger charge is -2.25. The lowest BCUT2D eigenvalue weighted by molar-refractivity contribution is -0.125. The summed E-state index contributed by atoms with van der Waals surface area (Å²) in [7, 11) is 3.01. The van der Waals surface area contributed by atoms with Gasteiger partial charge in [0, 0.05) is 0 Å². The van der Waals surface area contributed by atoms with Crippen molar-refractivity contribution in [1.82, 2.24) is 5.32 Å². The first-order valence-corrected chi connectivity index (χ1v) is 5.93. The van der Waals surface area contributed by atoms with Crippen molar-refractivity contribution in [3.63, 3.8) is 0 Å². The van der Waals surface area contributed by atoms with E-state index in [2.05, 4.69) is 5.32 Å². The summed E-state index contributed by atoms with van der Waals surface area (Å²) < 4.78 is 15.5. The summed E-state index contributed by atoms with van der Waals surface area (Å²) in [6, 6.07) is 5.00. The molecule has 7 heteroatoms. The minimum absolute atomic E-state index is 0.472. The number of carbonyl (C=O) groups excluding carboxylic acids is 2. The minimum atomic E-state index is -1.31. The molecule has 2 rings (SSSR count). The SMILES string of the molecule is COc1ccc(C2OC(=O)NC2(C)C(N)=O)cc1OC. The van der Waals surface area contributed by atoms with Gasteiger partial charge in [0.2, 0.25) is 5.91 Å². The van der Waals surface area contributed by atoms with Gasteiger partial charge in [0.1, 0.15) is 0 Å². The molecule has 3 N–H and O–H groups in total. The monoisotopic (exact) mass is 280 g/mol. The lowest BCUT2D eigenvalue weighted by Crippen LogP contribution is -2.52. The highest BCUT2D eigenvalue weighted by Gasteiger charge is 2.50. The summed E-state index contributed by atoms with van der Waals surface area (Å²) in [5, 5.41) is 2.44. The van der Waals surface area contributed by atoms with Gasteiger partial charge >= 0.3 is 6.09 Å². The average molecular weight is 280 g/mol. The Morgan fingerprint density at radius 3 is 2.55 bits per heavy atom. The number of alkyl carbamates (subject to hydrolysis) is 1. The van der Waals surface area contributed by atoms with Gasteiger partial charge in [0.25, 0.3) is 0 Å². The molecule has 108 valence electrons. The van der Waals surface area contributed by atoms with E-state index in [9.17, 15) is 9.59 Å². The van der Waals surface area contributed by atoms with E-state index in [-0.39, 0.29) is 0 Å². The van der Waals surface area contributed by atoms with Crippen LogP contribution < -0.4 is 20.5 Å². The number of primary amides is 1. The number of rotatable bonds is 4. The van der Waals surface area contributed by atoms with Gasteiger partial charge in [-0.05, 0) is 24.6 Å². The van der Waals surface area contributed by atoms with Crippen LogP contribution in [0.1, 0.15) is 18.6 Å². The second kappa shape index (κ2) is 4.92. The van der Waals surface area contributed by atoms with Gasteiger partial charge in [-0.25, -0.2) is 4.79 Å². The van der Waals surface area contributed by atoms with Crippen LogP contribution in [0.3, 0.4) is 0 Å². The van der Waals surface area contributed by atoms with Crippen LogP contribution in [-0.4, -0.2) is 31.8 Å². The zero-order valence-corrected chi connectivity index (χ0v) is 11.4. The van der Waals surface area contributed by atoms with E-state index in [1.807, 2.05) is 0 Å². The quantitative estimate of drug-likeness (QED) is 0.846. The van der Waals surface area contributed by atoms with E-state index in [0.717, 1.165) is 0 Å². The number of hydrogen-bond acceptors (Lipinski definition) is 5. The first-order chi connectivity index (χ1) is 9.42. The number of amides is 2. The van der Waals surface area contributed by atoms with Crippen LogP contribution >= 0.6 is 0 Å². The molecule has 0 bridgehead atoms. The third-order valence-corrected chi connectivity index (χ3v) is 3.33. The number of nitrogens with one attached hydrogen (secondary N) is 1. The van der Waals surface area contributed by atoms with Gasteiger partial charge in [0.05, 0.1) is 14.2 Å². The van der Waals surface area contributed by atoms with Gasteiger partial charge in [-0.3, -0.25) is 4.79 Å². The lowest BCUT2D eigenvalue weighted by atomic mass is 9.89. The molecule has 2 unspecified atom stereocenters. The number of ether oxygens (including phenoxy) is 3. The molecule has 1 heterocycles. The maximum absolute atomic E-state index is 11.6. The summed E-state index contributed by atoms with van der Waals surface area (Å²) in [5.41, 5.74) is 4.64. The van der Waals surface area contributed by atoms with Crippen molar-refractivity contribution in [1.29, 1.82) is 0 Å². The molecule has 1 aliphatic rings. The predicted octanol–water partition coefficient (Wildman–Crippen LogP) is 0.729. The van der Waals surface area contributed by atoms with Crippen molar-refractivity contribution in [2.75, 3.05) is 14.2 Å². The van der Waals surface area contributed by atoms with E-state index in [4.69, 9.17) is 19.9 Å². The summed E-state index contributed by atoms with van der Waals surface area (Å²) >= 11 is 0. The molecule has 0 saturated carbocycles. The molecule has 1 aromatic rings. The van der Waals surface area contributed by atoms with E-state index < -0.39 is 23.6 Å². The Morgan fingerprint density at radius 1 is 1.35 bits per heavy atom. The highest BCUT2D eigenvalue weighted by Crippen LogP contribution is 2.38. The fourth-order valence-electron chi connectivity index (χ4n) is 2.14. The van der Waals surface area contributed by atoms with Gasteiger partial charge in [-0.2, -0.15) is 0 Å². The smallest absolute Gasteiger partial charge is 0.408 e. The second-order valence-electron chi connectivity index (χ2n) is 4.59. The molecule has 1 saturated heterocycles. The molecule has 1 aromatic carbocycles. The van der Waals surface area contributed by atoms with Crippen LogP contribution in [0.5, 0.6) is 11.5 Å². The fourth-order valence-corrected chi connectivity index (χ4v) is 2.14. The summed E-state index contributed by atoms with van der Waals surface area (Å²) in [5.74, 6) is 0.331. The summed E-state index contributed by atoms with van der Waals surface area (Å²) in [6.07, 6.45) is -1.52. The van der Waals surface area contributed by atoms with Crippen molar-refractivity contribution < 1.29 is 23.8 Å². The van der Waals surface area contributed by atoms with Crippen LogP contribution in [0.4, 0.5) is 4.79 Å². The number of cyclic esters (lactones) is 1. The highest BCUT2D eigenvalue weighted by atomic mass is 16.6. The van der Waals surface area contributed by atoms with E-state index in [0.29, 0.717) is 17.1 Å². The predicted molar refractivity (Wildman–Crippen MR) is 69.5 cm³/mol. The molecule has 2 atom stereocenters. The molecule has 0 aromatic heterocycles. The van der Waals surface area contributed by atoms with Crippen LogP contribution in [0.25, 0.3) is 0 Å². The molecule has 20 heavy (non-hydrogen) atoms. The number of nitrogens with two attached hydrogens (primary N) is 1. The number of hydrogen-bond donors (Lipinski definition) is 2. The highest BCUT2D eigenvalue weighted by molar-refractivity contribution is 5.91. The Hall–Kier alpha value is -2.44. The van der Waals surface area contributed by atoms with Crippen molar-refractivity contribution >= 4 is 12.0 Å². The zero-order chi connectivity index (χ0) is 14.9. The normalized spacial score (nSPS) is 24.8. The average Bonchev–Trinajstić information content (AvgIpc) is 2.74. The second-order valence-corrected chi connectivity index (χ2v) is 4.59. The number of carbonyl (C=O) groups is 2. The zero-order valence-electron chi connectivity index (χ0n) is 11.4.